The monoisotopic (exact) mass is 884 g/mol. The summed E-state index contributed by atoms with van der Waals surface area (Å²) < 4.78 is 54.1. The van der Waals surface area contributed by atoms with E-state index in [1.165, 1.54) is 0 Å². The molecule has 2 heterocycles. The molecule has 2 saturated heterocycles. The van der Waals surface area contributed by atoms with Crippen LogP contribution in [0, 0.1) is 0 Å². The van der Waals surface area contributed by atoms with E-state index in [2.05, 4.69) is 0 Å². The molecule has 0 aliphatic carbocycles. The van der Waals surface area contributed by atoms with Crippen molar-refractivity contribution in [2.75, 3.05) is 13.2 Å². The third-order valence-corrected chi connectivity index (χ3v) is 12.4. The zero-order valence-corrected chi connectivity index (χ0v) is 36.4. The minimum absolute atomic E-state index is 0.0303. The summed E-state index contributed by atoms with van der Waals surface area (Å²) in [7, 11) is 0. The zero-order valence-electron chi connectivity index (χ0n) is 35.6. The van der Waals surface area contributed by atoms with Gasteiger partial charge >= 0.3 is 0 Å². The van der Waals surface area contributed by atoms with Gasteiger partial charge in [0.1, 0.15) is 54.3 Å². The molecule has 11 heteroatoms. The van der Waals surface area contributed by atoms with Crippen LogP contribution in [0.15, 0.2) is 187 Å². The number of hydrogen-bond donors (Lipinski definition) is 2. The second kappa shape index (κ2) is 24.0. The first kappa shape index (κ1) is 45.8. The predicted octanol–water partition coefficient (Wildman–Crippen LogP) is 8.53. The Labute approximate surface area is 380 Å². The fourth-order valence-corrected chi connectivity index (χ4v) is 9.02. The third-order valence-electron chi connectivity index (χ3n) is 11.2. The highest BCUT2D eigenvalue weighted by molar-refractivity contribution is 7.99. The van der Waals surface area contributed by atoms with Crippen LogP contribution in [0.4, 0.5) is 0 Å². The molecular weight excluding hydrogens is 829 g/mol. The number of hydrogen-bond acceptors (Lipinski definition) is 11. The summed E-state index contributed by atoms with van der Waals surface area (Å²) in [5.74, 6) is 0. The van der Waals surface area contributed by atoms with E-state index in [4.69, 9.17) is 37.9 Å². The van der Waals surface area contributed by atoms with Crippen LogP contribution in [-0.2, 0) is 70.9 Å². The van der Waals surface area contributed by atoms with Gasteiger partial charge in [-0.15, -0.1) is 0 Å². The molecule has 0 spiro atoms. The van der Waals surface area contributed by atoms with Crippen LogP contribution in [0.2, 0.25) is 0 Å². The minimum Gasteiger partial charge on any atom is -0.394 e. The van der Waals surface area contributed by atoms with Crippen LogP contribution in [0.3, 0.4) is 0 Å². The molecule has 8 rings (SSSR count). The second-order valence-electron chi connectivity index (χ2n) is 15.8. The van der Waals surface area contributed by atoms with Gasteiger partial charge in [-0.05, 0) is 39.9 Å². The highest BCUT2D eigenvalue weighted by Crippen LogP contribution is 2.39. The van der Waals surface area contributed by atoms with Gasteiger partial charge in [0.2, 0.25) is 0 Å². The molecule has 2 aliphatic heterocycles. The van der Waals surface area contributed by atoms with Crippen molar-refractivity contribution in [2.24, 2.45) is 0 Å². The van der Waals surface area contributed by atoms with E-state index in [-0.39, 0.29) is 26.4 Å². The van der Waals surface area contributed by atoms with Crippen LogP contribution in [0.1, 0.15) is 27.8 Å². The first-order valence-electron chi connectivity index (χ1n) is 21.8. The Kier molecular flexibility index (Phi) is 17.2. The van der Waals surface area contributed by atoms with E-state index < -0.39 is 67.2 Å². The van der Waals surface area contributed by atoms with Crippen molar-refractivity contribution in [1.29, 1.82) is 0 Å². The van der Waals surface area contributed by atoms with Crippen molar-refractivity contribution >= 4 is 11.8 Å². The topological polar surface area (TPSA) is 114 Å². The van der Waals surface area contributed by atoms with E-state index in [1.807, 2.05) is 182 Å². The summed E-state index contributed by atoms with van der Waals surface area (Å²) in [5.41, 5.74) is 4.27. The lowest BCUT2D eigenvalue weighted by Crippen LogP contribution is -2.63. The van der Waals surface area contributed by atoms with Gasteiger partial charge in [0.25, 0.3) is 0 Å². The summed E-state index contributed by atoms with van der Waals surface area (Å²) in [6.07, 6.45) is -7.79. The minimum atomic E-state index is -1.22. The summed E-state index contributed by atoms with van der Waals surface area (Å²) in [6, 6.07) is 59.6. The van der Waals surface area contributed by atoms with E-state index in [0.29, 0.717) is 13.2 Å². The molecule has 64 heavy (non-hydrogen) atoms. The van der Waals surface area contributed by atoms with Crippen molar-refractivity contribution in [1.82, 2.24) is 0 Å². The average molecular weight is 885 g/mol. The molecule has 0 radical (unpaired) electrons. The van der Waals surface area contributed by atoms with Crippen LogP contribution in [0.25, 0.3) is 0 Å². The molecular formula is C53H56O10S. The van der Waals surface area contributed by atoms with E-state index in [1.54, 1.807) is 11.8 Å². The molecule has 0 unspecified atom stereocenters. The number of thioether (sulfide) groups is 1. The van der Waals surface area contributed by atoms with Gasteiger partial charge in [0, 0.05) is 4.90 Å². The Balaban J connectivity index is 1.12. The number of rotatable bonds is 21. The van der Waals surface area contributed by atoms with Crippen molar-refractivity contribution in [3.63, 3.8) is 0 Å². The largest absolute Gasteiger partial charge is 0.394 e. The number of ether oxygens (including phenoxy) is 8. The average Bonchev–Trinajstić information content (AvgIpc) is 3.35. The summed E-state index contributed by atoms with van der Waals surface area (Å²) in [4.78, 5) is 0.995. The highest BCUT2D eigenvalue weighted by Gasteiger charge is 2.51. The molecule has 2 N–H and O–H groups in total. The maximum Gasteiger partial charge on any atom is 0.187 e. The third kappa shape index (κ3) is 12.7. The number of benzene rings is 6. The van der Waals surface area contributed by atoms with Gasteiger partial charge in [-0.2, -0.15) is 0 Å². The van der Waals surface area contributed by atoms with Gasteiger partial charge in [-0.1, -0.05) is 182 Å². The first-order chi connectivity index (χ1) is 31.6. The lowest BCUT2D eigenvalue weighted by Gasteiger charge is -2.47. The standard InChI is InChI=1S/C53H56O10S/c54-31-44-46(55)48(57-33-39-21-9-2-10-22-39)50(59-35-41-25-13-4-14-26-41)52(62-44)61-37-45-47(56-32-38-19-7-1-8-20-38)49(58-34-40-23-11-3-12-24-40)51(60-36-42-27-15-5-16-28-42)53(63-45)64-43-29-17-6-18-30-43/h1-30,44-55H,31-37H2/t44-,45-,46-,47-,48+,49+,50-,51-,52-,53+/m1/s1. The lowest BCUT2D eigenvalue weighted by molar-refractivity contribution is -0.330. The highest BCUT2D eigenvalue weighted by atomic mass is 32.2. The van der Waals surface area contributed by atoms with Crippen LogP contribution < -0.4 is 0 Å². The van der Waals surface area contributed by atoms with E-state index >= 15 is 0 Å². The molecule has 334 valence electrons. The molecule has 0 aromatic heterocycles. The lowest BCUT2D eigenvalue weighted by atomic mass is 9.97. The second-order valence-corrected chi connectivity index (χ2v) is 17.0. The molecule has 0 saturated carbocycles. The van der Waals surface area contributed by atoms with E-state index in [9.17, 15) is 10.2 Å². The summed E-state index contributed by atoms with van der Waals surface area (Å²) in [5, 5.41) is 22.2. The summed E-state index contributed by atoms with van der Waals surface area (Å²) >= 11 is 1.55. The van der Waals surface area contributed by atoms with E-state index in [0.717, 1.165) is 32.7 Å². The van der Waals surface area contributed by atoms with Crippen molar-refractivity contribution < 1.29 is 48.1 Å². The molecule has 0 bridgehead atoms. The zero-order chi connectivity index (χ0) is 43.8. The number of aliphatic hydroxyl groups is 2. The maximum absolute atomic E-state index is 11.6. The normalized spacial score (nSPS) is 25.8. The molecule has 10 nitrogen and oxygen atoms in total. The molecule has 0 amide bonds. The maximum atomic E-state index is 11.6. The summed E-state index contributed by atoms with van der Waals surface area (Å²) in [6.45, 7) is 0.798. The quantitative estimate of drug-likeness (QED) is 0.0726. The molecule has 6 aromatic rings. The van der Waals surface area contributed by atoms with Crippen LogP contribution in [0.5, 0.6) is 0 Å². The molecule has 2 fully saturated rings. The number of aliphatic hydroxyl groups excluding tert-OH is 2. The van der Waals surface area contributed by atoms with Crippen LogP contribution >= 0.6 is 11.8 Å². The SMILES string of the molecule is OC[C@H]1O[C@@H](OC[C@H]2O[C@@H](Sc3ccccc3)[C@H](OCc3ccccc3)[C@@H](OCc3ccccc3)[C@@H]2OCc2ccccc2)[C@H](OCc2ccccc2)[C@@H](OCc2ccccc2)[C@@H]1O. The molecule has 2 aliphatic rings. The Morgan fingerprint density at radius 2 is 0.766 bits per heavy atom. The predicted molar refractivity (Wildman–Crippen MR) is 244 cm³/mol. The van der Waals surface area contributed by atoms with Gasteiger partial charge < -0.3 is 48.1 Å². The smallest absolute Gasteiger partial charge is 0.187 e. The Morgan fingerprint density at radius 1 is 0.391 bits per heavy atom. The van der Waals surface area contributed by atoms with Crippen LogP contribution in [-0.4, -0.2) is 84.0 Å². The van der Waals surface area contributed by atoms with Crippen molar-refractivity contribution in [2.45, 2.75) is 98.5 Å². The Bertz CT molecular complexity index is 2190. The Hall–Kier alpha value is -4.73. The van der Waals surface area contributed by atoms with Gasteiger partial charge in [-0.3, -0.25) is 0 Å². The fraction of sp³-hybridized carbons (Fsp3) is 0.321. The molecule has 10 atom stereocenters. The van der Waals surface area contributed by atoms with Gasteiger partial charge in [0.15, 0.2) is 6.29 Å². The van der Waals surface area contributed by atoms with Crippen molar-refractivity contribution in [3.8, 4) is 0 Å². The first-order valence-corrected chi connectivity index (χ1v) is 22.7. The van der Waals surface area contributed by atoms with Crippen molar-refractivity contribution in [3.05, 3.63) is 210 Å². The van der Waals surface area contributed by atoms with Gasteiger partial charge in [-0.25, -0.2) is 0 Å². The fourth-order valence-electron chi connectivity index (χ4n) is 7.87. The molecule has 6 aromatic carbocycles. The van der Waals surface area contributed by atoms with Gasteiger partial charge in [0.05, 0.1) is 46.2 Å². The Morgan fingerprint density at radius 3 is 1.20 bits per heavy atom.